The van der Waals surface area contributed by atoms with Crippen LogP contribution in [0.15, 0.2) is 24.8 Å². The van der Waals surface area contributed by atoms with Gasteiger partial charge in [-0.2, -0.15) is 0 Å². The van der Waals surface area contributed by atoms with E-state index in [1.807, 2.05) is 25.1 Å². The fraction of sp³-hybridized carbons (Fsp3) is 0.111. The van der Waals surface area contributed by atoms with Gasteiger partial charge in [0.2, 0.25) is 0 Å². The maximum Gasteiger partial charge on any atom is 0.116 e. The number of benzene rings is 1. The maximum absolute atomic E-state index is 8.57. The monoisotopic (exact) mass is 202 g/mol. The molecule has 12 heavy (non-hydrogen) atoms. The Balaban J connectivity index is 0.000000354. The van der Waals surface area contributed by atoms with Crippen LogP contribution in [0.5, 0.6) is 0 Å². The van der Waals surface area contributed by atoms with Crippen LogP contribution in [0.2, 0.25) is 10.0 Å². The molecule has 1 nitrogen and oxygen atoms in total. The maximum atomic E-state index is 8.57. The lowest BCUT2D eigenvalue weighted by Crippen LogP contribution is -1.73. The van der Waals surface area contributed by atoms with Gasteiger partial charge in [-0.3, -0.25) is 0 Å². The summed E-state index contributed by atoms with van der Waals surface area (Å²) in [7, 11) is 0. The quantitative estimate of drug-likeness (QED) is 0.591. The summed E-state index contributed by atoms with van der Waals surface area (Å²) in [4.78, 5) is 8.57. The standard InChI is InChI=1S/C7H6Cl2.C2H2O/c1-5-6(8)3-2-4-7(5)9;1-2-3/h2-4H,1H3;1H2. The van der Waals surface area contributed by atoms with E-state index >= 15 is 0 Å². The van der Waals surface area contributed by atoms with Crippen LogP contribution in [0.3, 0.4) is 0 Å². The highest BCUT2D eigenvalue weighted by Crippen LogP contribution is 2.21. The highest BCUT2D eigenvalue weighted by Gasteiger charge is 1.96. The average Bonchev–Trinajstić information content (AvgIpc) is 2.02. The minimum atomic E-state index is 0.725. The topological polar surface area (TPSA) is 17.1 Å². The molecule has 0 heterocycles. The molecule has 1 aromatic rings. The molecule has 0 N–H and O–H groups in total. The summed E-state index contributed by atoms with van der Waals surface area (Å²) in [6, 6.07) is 5.48. The Morgan fingerprint density at radius 3 is 1.92 bits per heavy atom. The van der Waals surface area contributed by atoms with Gasteiger partial charge in [-0.15, -0.1) is 0 Å². The zero-order valence-corrected chi connectivity index (χ0v) is 8.12. The van der Waals surface area contributed by atoms with Crippen molar-refractivity contribution < 1.29 is 4.79 Å². The Labute approximate surface area is 81.6 Å². The molecule has 0 saturated heterocycles. The molecule has 0 unspecified atom stereocenters. The van der Waals surface area contributed by atoms with Crippen molar-refractivity contribution in [3.05, 3.63) is 40.4 Å². The predicted molar refractivity (Wildman–Crippen MR) is 52.5 cm³/mol. The van der Waals surface area contributed by atoms with Crippen LogP contribution in [-0.2, 0) is 4.79 Å². The first-order chi connectivity index (χ1) is 5.63. The highest BCUT2D eigenvalue weighted by atomic mass is 35.5. The second kappa shape index (κ2) is 5.84. The van der Waals surface area contributed by atoms with E-state index in [9.17, 15) is 0 Å². The molecule has 0 amide bonds. The molecule has 1 rings (SSSR count). The van der Waals surface area contributed by atoms with E-state index in [-0.39, 0.29) is 0 Å². The largest absolute Gasteiger partial charge is 0.234 e. The minimum absolute atomic E-state index is 0.725. The summed E-state index contributed by atoms with van der Waals surface area (Å²) in [5.74, 6) is 1.25. The Morgan fingerprint density at radius 1 is 1.33 bits per heavy atom. The Hall–Kier alpha value is -0.750. The summed E-state index contributed by atoms with van der Waals surface area (Å²) in [5.41, 5.74) is 0.945. The lowest BCUT2D eigenvalue weighted by Gasteiger charge is -1.96. The molecular formula is C9H8Cl2O. The van der Waals surface area contributed by atoms with Gasteiger partial charge in [-0.1, -0.05) is 29.3 Å². The SMILES string of the molecule is C=C=O.Cc1c(Cl)cccc1Cl. The molecule has 0 spiro atoms. The molecule has 0 aliphatic carbocycles. The first-order valence-corrected chi connectivity index (χ1v) is 3.94. The van der Waals surface area contributed by atoms with Gasteiger partial charge in [-0.05, 0) is 31.2 Å². The first-order valence-electron chi connectivity index (χ1n) is 3.18. The van der Waals surface area contributed by atoms with Crippen molar-refractivity contribution in [2.45, 2.75) is 6.92 Å². The van der Waals surface area contributed by atoms with Crippen molar-refractivity contribution in [3.63, 3.8) is 0 Å². The molecule has 1 aromatic carbocycles. The zero-order valence-electron chi connectivity index (χ0n) is 6.60. The van der Waals surface area contributed by atoms with Gasteiger partial charge in [0, 0.05) is 10.0 Å². The third-order valence-electron chi connectivity index (χ3n) is 1.20. The van der Waals surface area contributed by atoms with Gasteiger partial charge in [0.05, 0.1) is 0 Å². The van der Waals surface area contributed by atoms with Crippen LogP contribution in [0.1, 0.15) is 5.56 Å². The number of halogens is 2. The van der Waals surface area contributed by atoms with Gasteiger partial charge in [0.1, 0.15) is 5.94 Å². The van der Waals surface area contributed by atoms with Crippen molar-refractivity contribution in [3.8, 4) is 0 Å². The molecule has 0 radical (unpaired) electrons. The third kappa shape index (κ3) is 3.59. The molecule has 3 heteroatoms. The van der Waals surface area contributed by atoms with E-state index in [1.54, 1.807) is 0 Å². The van der Waals surface area contributed by atoms with Crippen molar-refractivity contribution in [1.29, 1.82) is 0 Å². The molecule has 0 saturated carbocycles. The van der Waals surface area contributed by atoms with Gasteiger partial charge < -0.3 is 0 Å². The van der Waals surface area contributed by atoms with Crippen LogP contribution in [0.25, 0.3) is 0 Å². The van der Waals surface area contributed by atoms with Gasteiger partial charge in [0.25, 0.3) is 0 Å². The second-order valence-corrected chi connectivity index (χ2v) is 2.81. The summed E-state index contributed by atoms with van der Waals surface area (Å²) in [6.07, 6.45) is 0. The Kier molecular flexibility index (Phi) is 5.48. The zero-order chi connectivity index (χ0) is 9.56. The fourth-order valence-electron chi connectivity index (χ4n) is 0.581. The van der Waals surface area contributed by atoms with Crippen LogP contribution in [0.4, 0.5) is 0 Å². The average molecular weight is 203 g/mol. The first kappa shape index (κ1) is 11.2. The second-order valence-electron chi connectivity index (χ2n) is 1.99. The van der Waals surface area contributed by atoms with E-state index in [0.717, 1.165) is 15.6 Å². The number of carbonyl (C=O) groups excluding carboxylic acids is 1. The molecule has 0 atom stereocenters. The lowest BCUT2D eigenvalue weighted by molar-refractivity contribution is 0.569. The van der Waals surface area contributed by atoms with Gasteiger partial charge in [0.15, 0.2) is 0 Å². The normalized spacial score (nSPS) is 7.92. The highest BCUT2D eigenvalue weighted by molar-refractivity contribution is 6.35. The minimum Gasteiger partial charge on any atom is -0.234 e. The van der Waals surface area contributed by atoms with E-state index < -0.39 is 0 Å². The van der Waals surface area contributed by atoms with Gasteiger partial charge >= 0.3 is 0 Å². The van der Waals surface area contributed by atoms with E-state index in [4.69, 9.17) is 28.0 Å². The molecule has 64 valence electrons. The molecule has 0 bridgehead atoms. The molecule has 0 aliphatic rings. The van der Waals surface area contributed by atoms with Crippen molar-refractivity contribution in [2.75, 3.05) is 0 Å². The Bertz CT molecular complexity index is 268. The lowest BCUT2D eigenvalue weighted by atomic mass is 10.2. The van der Waals surface area contributed by atoms with Crippen LogP contribution >= 0.6 is 23.2 Å². The fourth-order valence-corrected chi connectivity index (χ4v) is 0.979. The van der Waals surface area contributed by atoms with E-state index in [0.29, 0.717) is 0 Å². The number of hydrogen-bond donors (Lipinski definition) is 0. The van der Waals surface area contributed by atoms with Crippen molar-refractivity contribution >= 4 is 29.1 Å². The summed E-state index contributed by atoms with van der Waals surface area (Å²) < 4.78 is 0. The predicted octanol–water partition coefficient (Wildman–Crippen LogP) is 3.31. The summed E-state index contributed by atoms with van der Waals surface area (Å²) >= 11 is 11.5. The van der Waals surface area contributed by atoms with Crippen LogP contribution in [0, 0.1) is 6.92 Å². The van der Waals surface area contributed by atoms with Gasteiger partial charge in [-0.25, -0.2) is 4.79 Å². The van der Waals surface area contributed by atoms with Crippen LogP contribution in [-0.4, -0.2) is 5.94 Å². The Morgan fingerprint density at radius 2 is 1.67 bits per heavy atom. The molecule has 0 aliphatic heterocycles. The number of hydrogen-bond acceptors (Lipinski definition) is 1. The molecular weight excluding hydrogens is 195 g/mol. The summed E-state index contributed by atoms with van der Waals surface area (Å²) in [6.45, 7) is 4.57. The third-order valence-corrected chi connectivity index (χ3v) is 2.02. The van der Waals surface area contributed by atoms with Crippen LogP contribution < -0.4 is 0 Å². The van der Waals surface area contributed by atoms with Crippen molar-refractivity contribution in [2.24, 2.45) is 0 Å². The smallest absolute Gasteiger partial charge is 0.116 e. The summed E-state index contributed by atoms with van der Waals surface area (Å²) in [5, 5.41) is 1.45. The van der Waals surface area contributed by atoms with E-state index in [2.05, 4.69) is 6.58 Å². The molecule has 0 aromatic heterocycles. The molecule has 0 fully saturated rings. The number of rotatable bonds is 0. The van der Waals surface area contributed by atoms with Crippen molar-refractivity contribution in [1.82, 2.24) is 0 Å². The van der Waals surface area contributed by atoms with E-state index in [1.165, 1.54) is 5.94 Å².